The predicted molar refractivity (Wildman–Crippen MR) is 90.0 cm³/mol. The molecule has 1 fully saturated rings. The minimum atomic E-state index is -0.319. The molecular weight excluding hydrogens is 330 g/mol. The van der Waals surface area contributed by atoms with Crippen LogP contribution >= 0.6 is 11.6 Å². The van der Waals surface area contributed by atoms with Crippen molar-refractivity contribution in [2.24, 2.45) is 0 Å². The average molecular weight is 346 g/mol. The highest BCUT2D eigenvalue weighted by molar-refractivity contribution is 6.30. The molecule has 1 aliphatic heterocycles. The molecule has 124 valence electrons. The Morgan fingerprint density at radius 3 is 2.83 bits per heavy atom. The second kappa shape index (κ2) is 6.45. The van der Waals surface area contributed by atoms with Gasteiger partial charge < -0.3 is 10.2 Å². The van der Waals surface area contributed by atoms with Gasteiger partial charge in [-0.25, -0.2) is 4.98 Å². The van der Waals surface area contributed by atoms with E-state index in [1.165, 1.54) is 12.3 Å². The fraction of sp³-hybridized carbons (Fsp3) is 0.250. The zero-order valence-electron chi connectivity index (χ0n) is 13.1. The third-order valence-corrected chi connectivity index (χ3v) is 4.05. The van der Waals surface area contributed by atoms with Gasteiger partial charge in [-0.3, -0.25) is 14.3 Å². The predicted octanol–water partition coefficient (Wildman–Crippen LogP) is 2.06. The van der Waals surface area contributed by atoms with Crippen LogP contribution in [0, 0.1) is 6.92 Å². The Hall–Kier alpha value is -2.67. The number of carbonyl (C=O) groups is 2. The van der Waals surface area contributed by atoms with Crippen molar-refractivity contribution in [3.05, 3.63) is 53.6 Å². The summed E-state index contributed by atoms with van der Waals surface area (Å²) >= 11 is 5.85. The maximum Gasteiger partial charge on any atom is 0.274 e. The Morgan fingerprint density at radius 2 is 2.17 bits per heavy atom. The average Bonchev–Trinajstić information content (AvgIpc) is 2.93. The number of amides is 2. The van der Waals surface area contributed by atoms with E-state index < -0.39 is 0 Å². The molecular formula is C16H16ClN5O2. The number of hydrogen-bond acceptors (Lipinski definition) is 4. The summed E-state index contributed by atoms with van der Waals surface area (Å²) in [5.74, 6) is -0.406. The number of carbonyl (C=O) groups excluding carboxylic acids is 2. The van der Waals surface area contributed by atoms with Gasteiger partial charge in [-0.1, -0.05) is 18.2 Å². The number of nitrogens with one attached hydrogen (secondary N) is 1. The Bertz CT molecular complexity index is 811. The molecule has 8 heteroatoms. The molecule has 3 rings (SSSR count). The highest BCUT2D eigenvalue weighted by Crippen LogP contribution is 2.22. The molecule has 0 aromatic carbocycles. The third kappa shape index (κ3) is 3.16. The van der Waals surface area contributed by atoms with Crippen LogP contribution in [-0.4, -0.2) is 44.6 Å². The molecule has 2 aromatic heterocycles. The van der Waals surface area contributed by atoms with E-state index in [2.05, 4.69) is 22.0 Å². The van der Waals surface area contributed by atoms with Crippen LogP contribution in [0.2, 0.25) is 5.02 Å². The molecule has 1 aliphatic rings. The van der Waals surface area contributed by atoms with Gasteiger partial charge in [0.05, 0.1) is 22.9 Å². The number of likely N-dealkylation sites (tertiary alicyclic amines) is 1. The number of nitrogens with zero attached hydrogens (tertiary/aromatic N) is 4. The number of hydrogen-bond donors (Lipinski definition) is 1. The van der Waals surface area contributed by atoms with Crippen molar-refractivity contribution in [3.63, 3.8) is 0 Å². The van der Waals surface area contributed by atoms with Crippen molar-refractivity contribution in [1.29, 1.82) is 0 Å². The largest absolute Gasteiger partial charge is 0.335 e. The highest BCUT2D eigenvalue weighted by atomic mass is 35.5. The second-order valence-electron chi connectivity index (χ2n) is 5.58. The topological polar surface area (TPSA) is 80.1 Å². The van der Waals surface area contributed by atoms with Crippen molar-refractivity contribution in [3.8, 4) is 0 Å². The summed E-state index contributed by atoms with van der Waals surface area (Å²) in [5, 5.41) is 7.49. The van der Waals surface area contributed by atoms with Crippen LogP contribution in [0.5, 0.6) is 0 Å². The van der Waals surface area contributed by atoms with Gasteiger partial charge in [-0.2, -0.15) is 5.10 Å². The molecule has 0 unspecified atom stereocenters. The summed E-state index contributed by atoms with van der Waals surface area (Å²) in [6.07, 6.45) is 6.05. The van der Waals surface area contributed by atoms with Gasteiger partial charge in [0.25, 0.3) is 5.91 Å². The minimum absolute atomic E-state index is 0.0868. The SMILES string of the molecule is C=CC(=O)N1CC(n2cc(NC(=O)c3ncc(Cl)cc3C)cn2)C1. The Balaban J connectivity index is 1.63. The third-order valence-electron chi connectivity index (χ3n) is 3.84. The smallest absolute Gasteiger partial charge is 0.274 e. The maximum atomic E-state index is 12.3. The highest BCUT2D eigenvalue weighted by Gasteiger charge is 2.31. The molecule has 0 aliphatic carbocycles. The van der Waals surface area contributed by atoms with Crippen LogP contribution in [0.15, 0.2) is 37.3 Å². The van der Waals surface area contributed by atoms with Gasteiger partial charge >= 0.3 is 0 Å². The fourth-order valence-corrected chi connectivity index (χ4v) is 2.71. The molecule has 24 heavy (non-hydrogen) atoms. The second-order valence-corrected chi connectivity index (χ2v) is 6.02. The summed E-state index contributed by atoms with van der Waals surface area (Å²) in [5.41, 5.74) is 1.59. The van der Waals surface area contributed by atoms with E-state index in [0.29, 0.717) is 35.1 Å². The van der Waals surface area contributed by atoms with Gasteiger partial charge in [0.2, 0.25) is 5.91 Å². The monoisotopic (exact) mass is 345 g/mol. The van der Waals surface area contributed by atoms with Crippen molar-refractivity contribution in [1.82, 2.24) is 19.7 Å². The van der Waals surface area contributed by atoms with Crippen molar-refractivity contribution in [2.45, 2.75) is 13.0 Å². The molecule has 0 bridgehead atoms. The van der Waals surface area contributed by atoms with E-state index in [1.54, 1.807) is 35.0 Å². The summed E-state index contributed by atoms with van der Waals surface area (Å²) in [7, 11) is 0. The molecule has 2 amide bonds. The Labute approximate surface area is 143 Å². The minimum Gasteiger partial charge on any atom is -0.335 e. The van der Waals surface area contributed by atoms with Crippen molar-refractivity contribution in [2.75, 3.05) is 18.4 Å². The van der Waals surface area contributed by atoms with Crippen LogP contribution in [0.3, 0.4) is 0 Å². The van der Waals surface area contributed by atoms with Crippen molar-refractivity contribution >= 4 is 29.1 Å². The molecule has 0 spiro atoms. The van der Waals surface area contributed by atoms with E-state index in [1.807, 2.05) is 0 Å². The molecule has 0 saturated carbocycles. The standard InChI is InChI=1S/C16H16ClN5O2/c1-3-14(23)21-8-13(9-21)22-7-12(6-19-22)20-16(24)15-10(2)4-11(17)5-18-15/h3-7,13H,1,8-9H2,2H3,(H,20,24). The quantitative estimate of drug-likeness (QED) is 0.860. The fourth-order valence-electron chi connectivity index (χ4n) is 2.50. The molecule has 1 N–H and O–H groups in total. The van der Waals surface area contributed by atoms with Crippen LogP contribution in [0.25, 0.3) is 0 Å². The molecule has 3 heterocycles. The van der Waals surface area contributed by atoms with Gasteiger partial charge in [-0.05, 0) is 24.6 Å². The normalized spacial score (nSPS) is 14.2. The summed E-state index contributed by atoms with van der Waals surface area (Å²) < 4.78 is 1.74. The zero-order chi connectivity index (χ0) is 17.3. The van der Waals surface area contributed by atoms with Gasteiger partial charge in [-0.15, -0.1) is 0 Å². The van der Waals surface area contributed by atoms with Crippen LogP contribution < -0.4 is 5.32 Å². The lowest BCUT2D eigenvalue weighted by molar-refractivity contribution is -0.131. The van der Waals surface area contributed by atoms with Gasteiger partial charge in [0.1, 0.15) is 5.69 Å². The zero-order valence-corrected chi connectivity index (χ0v) is 13.8. The summed E-state index contributed by atoms with van der Waals surface area (Å²) in [4.78, 5) is 29.4. The van der Waals surface area contributed by atoms with E-state index in [4.69, 9.17) is 11.6 Å². The number of halogens is 1. The van der Waals surface area contributed by atoms with E-state index in [0.717, 1.165) is 0 Å². The molecule has 1 saturated heterocycles. The lowest BCUT2D eigenvalue weighted by Crippen LogP contribution is -2.50. The number of pyridine rings is 1. The molecule has 0 radical (unpaired) electrons. The first-order valence-electron chi connectivity index (χ1n) is 7.37. The number of anilines is 1. The van der Waals surface area contributed by atoms with Crippen LogP contribution in [0.4, 0.5) is 5.69 Å². The summed E-state index contributed by atoms with van der Waals surface area (Å²) in [6, 6.07) is 1.79. The van der Waals surface area contributed by atoms with E-state index in [9.17, 15) is 9.59 Å². The van der Waals surface area contributed by atoms with Crippen LogP contribution in [0.1, 0.15) is 22.1 Å². The number of aryl methyl sites for hydroxylation is 1. The molecule has 2 aromatic rings. The Kier molecular flexibility index (Phi) is 4.35. The first-order valence-corrected chi connectivity index (χ1v) is 7.74. The molecule has 0 atom stereocenters. The van der Waals surface area contributed by atoms with Gasteiger partial charge in [0, 0.05) is 25.5 Å². The lowest BCUT2D eigenvalue weighted by atomic mass is 10.1. The number of rotatable bonds is 4. The lowest BCUT2D eigenvalue weighted by Gasteiger charge is -2.38. The molecule has 7 nitrogen and oxygen atoms in total. The maximum absolute atomic E-state index is 12.3. The first kappa shape index (κ1) is 16.2. The van der Waals surface area contributed by atoms with Gasteiger partial charge in [0.15, 0.2) is 0 Å². The Morgan fingerprint density at radius 1 is 1.42 bits per heavy atom. The van der Waals surface area contributed by atoms with Crippen molar-refractivity contribution < 1.29 is 9.59 Å². The van der Waals surface area contributed by atoms with E-state index in [-0.39, 0.29) is 17.9 Å². The first-order chi connectivity index (χ1) is 11.5. The number of aromatic nitrogens is 3. The summed E-state index contributed by atoms with van der Waals surface area (Å²) in [6.45, 7) is 6.40. The van der Waals surface area contributed by atoms with Crippen LogP contribution in [-0.2, 0) is 4.79 Å². The van der Waals surface area contributed by atoms with E-state index >= 15 is 0 Å².